The van der Waals surface area contributed by atoms with Gasteiger partial charge in [0.15, 0.2) is 9.84 Å². The third-order valence-electron chi connectivity index (χ3n) is 3.18. The summed E-state index contributed by atoms with van der Waals surface area (Å²) in [5, 5.41) is -0.681. The highest BCUT2D eigenvalue weighted by Crippen LogP contribution is 2.26. The van der Waals surface area contributed by atoms with Crippen LogP contribution in [0.1, 0.15) is 6.92 Å². The second-order valence-electron chi connectivity index (χ2n) is 4.33. The Kier molecular flexibility index (Phi) is 3.67. The molecule has 1 aromatic rings. The number of hydrogen-bond acceptors (Lipinski definition) is 4. The molecule has 5 nitrogen and oxygen atoms in total. The van der Waals surface area contributed by atoms with Gasteiger partial charge in [0.25, 0.3) is 0 Å². The smallest absolute Gasteiger partial charge is 0.228 e. The van der Waals surface area contributed by atoms with Crippen molar-refractivity contribution in [1.82, 2.24) is 4.31 Å². The van der Waals surface area contributed by atoms with Gasteiger partial charge in [0.2, 0.25) is 10.0 Å². The summed E-state index contributed by atoms with van der Waals surface area (Å²) in [5.41, 5.74) is 0. The van der Waals surface area contributed by atoms with Gasteiger partial charge in [-0.25, -0.2) is 21.2 Å². The average molecular weight is 307 g/mol. The van der Waals surface area contributed by atoms with Crippen LogP contribution in [0.5, 0.6) is 0 Å². The molecule has 1 aromatic carbocycles. The van der Waals surface area contributed by atoms with Gasteiger partial charge >= 0.3 is 0 Å². The Morgan fingerprint density at radius 3 is 2.32 bits per heavy atom. The van der Waals surface area contributed by atoms with Gasteiger partial charge in [0.1, 0.15) is 10.7 Å². The summed E-state index contributed by atoms with van der Waals surface area (Å²) in [4.78, 5) is -0.414. The van der Waals surface area contributed by atoms with Crippen LogP contribution in [0.15, 0.2) is 29.2 Å². The lowest BCUT2D eigenvalue weighted by molar-refractivity contribution is 0.308. The normalized spacial score (nSPS) is 18.2. The van der Waals surface area contributed by atoms with Crippen molar-refractivity contribution in [3.8, 4) is 0 Å². The Labute approximate surface area is 112 Å². The molecule has 2 rings (SSSR count). The van der Waals surface area contributed by atoms with Crippen molar-refractivity contribution in [3.05, 3.63) is 30.1 Å². The van der Waals surface area contributed by atoms with Crippen LogP contribution in [0, 0.1) is 5.82 Å². The van der Waals surface area contributed by atoms with Crippen molar-refractivity contribution in [2.24, 2.45) is 0 Å². The molecule has 0 bridgehead atoms. The van der Waals surface area contributed by atoms with E-state index in [1.807, 2.05) is 0 Å². The zero-order valence-electron chi connectivity index (χ0n) is 10.3. The van der Waals surface area contributed by atoms with Crippen LogP contribution in [0.25, 0.3) is 0 Å². The molecule has 0 amide bonds. The molecular weight excluding hydrogens is 293 g/mol. The fourth-order valence-corrected chi connectivity index (χ4v) is 4.92. The second-order valence-corrected chi connectivity index (χ2v) is 8.80. The molecule has 1 fully saturated rings. The molecule has 0 spiro atoms. The summed E-state index contributed by atoms with van der Waals surface area (Å²) in [7, 11) is -7.19. The van der Waals surface area contributed by atoms with Gasteiger partial charge in [-0.2, -0.15) is 4.31 Å². The van der Waals surface area contributed by atoms with Crippen molar-refractivity contribution in [2.75, 3.05) is 18.8 Å². The molecule has 1 aliphatic rings. The molecule has 19 heavy (non-hydrogen) atoms. The van der Waals surface area contributed by atoms with Gasteiger partial charge in [0.05, 0.1) is 5.25 Å². The van der Waals surface area contributed by atoms with Gasteiger partial charge in [-0.1, -0.05) is 19.1 Å². The van der Waals surface area contributed by atoms with E-state index in [1.54, 1.807) is 0 Å². The molecule has 0 N–H and O–H groups in total. The first-order chi connectivity index (χ1) is 8.79. The molecule has 0 aromatic heterocycles. The highest BCUT2D eigenvalue weighted by Gasteiger charge is 2.43. The number of sulfone groups is 1. The maximum Gasteiger partial charge on any atom is 0.246 e. The molecule has 0 aliphatic carbocycles. The monoisotopic (exact) mass is 307 g/mol. The Bertz CT molecular complexity index is 678. The topological polar surface area (TPSA) is 71.5 Å². The molecule has 0 unspecified atom stereocenters. The van der Waals surface area contributed by atoms with Crippen molar-refractivity contribution < 1.29 is 21.2 Å². The standard InChI is InChI=1S/C11H14FNO4S2/c1-2-18(14,15)9-7-13(8-9)19(16,17)11-6-4-3-5-10(11)12/h3-6,9H,2,7-8H2,1H3. The minimum atomic E-state index is -3.94. The Balaban J connectivity index is 2.20. The van der Waals surface area contributed by atoms with E-state index >= 15 is 0 Å². The van der Waals surface area contributed by atoms with Gasteiger partial charge in [-0.15, -0.1) is 0 Å². The number of nitrogens with zero attached hydrogens (tertiary/aromatic N) is 1. The first kappa shape index (κ1) is 14.4. The van der Waals surface area contributed by atoms with Crippen molar-refractivity contribution in [2.45, 2.75) is 17.1 Å². The molecule has 1 saturated heterocycles. The van der Waals surface area contributed by atoms with Crippen LogP contribution < -0.4 is 0 Å². The highest BCUT2D eigenvalue weighted by atomic mass is 32.2. The molecule has 8 heteroatoms. The SMILES string of the molecule is CCS(=O)(=O)C1CN(S(=O)(=O)c2ccccc2F)C1. The fourth-order valence-electron chi connectivity index (χ4n) is 1.85. The van der Waals surface area contributed by atoms with E-state index in [2.05, 4.69) is 0 Å². The highest BCUT2D eigenvalue weighted by molar-refractivity contribution is 7.92. The Hall–Kier alpha value is -0.990. The van der Waals surface area contributed by atoms with Crippen molar-refractivity contribution in [3.63, 3.8) is 0 Å². The summed E-state index contributed by atoms with van der Waals surface area (Å²) in [6.07, 6.45) is 0. The number of benzene rings is 1. The predicted molar refractivity (Wildman–Crippen MR) is 68.4 cm³/mol. The molecule has 106 valence electrons. The molecular formula is C11H14FNO4S2. The van der Waals surface area contributed by atoms with Gasteiger partial charge in [-0.05, 0) is 12.1 Å². The van der Waals surface area contributed by atoms with E-state index in [9.17, 15) is 21.2 Å². The quantitative estimate of drug-likeness (QED) is 0.818. The lowest BCUT2D eigenvalue weighted by Gasteiger charge is -2.37. The Morgan fingerprint density at radius 1 is 1.21 bits per heavy atom. The minimum absolute atomic E-state index is 0.0226. The van der Waals surface area contributed by atoms with Crippen LogP contribution in [0.4, 0.5) is 4.39 Å². The molecule has 0 saturated carbocycles. The van der Waals surface area contributed by atoms with Crippen LogP contribution >= 0.6 is 0 Å². The van der Waals surface area contributed by atoms with Crippen LogP contribution in [0.3, 0.4) is 0 Å². The van der Waals surface area contributed by atoms with E-state index < -0.39 is 35.8 Å². The van der Waals surface area contributed by atoms with Crippen molar-refractivity contribution >= 4 is 19.9 Å². The fraction of sp³-hybridized carbons (Fsp3) is 0.455. The molecule has 0 atom stereocenters. The van der Waals surface area contributed by atoms with Gasteiger partial charge in [-0.3, -0.25) is 0 Å². The van der Waals surface area contributed by atoms with Crippen LogP contribution in [-0.2, 0) is 19.9 Å². The summed E-state index contributed by atoms with van der Waals surface area (Å²) < 4.78 is 61.8. The molecule has 0 radical (unpaired) electrons. The van der Waals surface area contributed by atoms with E-state index in [0.29, 0.717) is 0 Å². The van der Waals surface area contributed by atoms with Gasteiger partial charge < -0.3 is 0 Å². The summed E-state index contributed by atoms with van der Waals surface area (Å²) in [6.45, 7) is 1.31. The number of halogens is 1. The third kappa shape index (κ3) is 2.52. The predicted octanol–water partition coefficient (Wildman–Crippen LogP) is 0.633. The first-order valence-electron chi connectivity index (χ1n) is 5.75. The molecule has 1 heterocycles. The zero-order valence-corrected chi connectivity index (χ0v) is 11.9. The summed E-state index contributed by atoms with van der Waals surface area (Å²) in [6, 6.07) is 5.06. The maximum absolute atomic E-state index is 13.5. The first-order valence-corrected chi connectivity index (χ1v) is 8.91. The number of sulfonamides is 1. The largest absolute Gasteiger partial charge is 0.246 e. The number of hydrogen-bond donors (Lipinski definition) is 0. The lowest BCUT2D eigenvalue weighted by Crippen LogP contribution is -2.57. The minimum Gasteiger partial charge on any atom is -0.228 e. The summed E-state index contributed by atoms with van der Waals surface area (Å²) in [5.74, 6) is -0.852. The second kappa shape index (κ2) is 4.84. The van der Waals surface area contributed by atoms with E-state index in [1.165, 1.54) is 25.1 Å². The van der Waals surface area contributed by atoms with E-state index in [-0.39, 0.29) is 18.8 Å². The molecule has 1 aliphatic heterocycles. The van der Waals surface area contributed by atoms with E-state index in [4.69, 9.17) is 0 Å². The third-order valence-corrected chi connectivity index (χ3v) is 7.16. The van der Waals surface area contributed by atoms with Gasteiger partial charge in [0, 0.05) is 18.8 Å². The summed E-state index contributed by atoms with van der Waals surface area (Å²) >= 11 is 0. The lowest BCUT2D eigenvalue weighted by atomic mass is 10.3. The van der Waals surface area contributed by atoms with Crippen LogP contribution in [-0.4, -0.2) is 45.2 Å². The Morgan fingerprint density at radius 2 is 1.79 bits per heavy atom. The average Bonchev–Trinajstić information content (AvgIpc) is 2.26. The zero-order chi connectivity index (χ0) is 14.3. The van der Waals surface area contributed by atoms with Crippen molar-refractivity contribution in [1.29, 1.82) is 0 Å². The van der Waals surface area contributed by atoms with Crippen LogP contribution in [0.2, 0.25) is 0 Å². The maximum atomic E-state index is 13.5. The van der Waals surface area contributed by atoms with E-state index in [0.717, 1.165) is 10.4 Å². The number of rotatable bonds is 4.